The summed E-state index contributed by atoms with van der Waals surface area (Å²) in [5, 5.41) is 9.99. The van der Waals surface area contributed by atoms with Crippen LogP contribution in [0.4, 0.5) is 26.3 Å². The molecule has 0 aliphatic carbocycles. The maximum atomic E-state index is 13.7. The number of nitrogens with one attached hydrogen (secondary N) is 3. The first-order chi connectivity index (χ1) is 32.3. The lowest BCUT2D eigenvalue weighted by atomic mass is 9.89. The zero-order valence-corrected chi connectivity index (χ0v) is 40.7. The first-order valence-corrected chi connectivity index (χ1v) is 25.6. The molecule has 0 aromatic heterocycles. The molecule has 0 unspecified atom stereocenters. The van der Waals surface area contributed by atoms with Crippen molar-refractivity contribution >= 4 is 35.3 Å². The molecule has 6 aromatic carbocycles. The fourth-order valence-corrected chi connectivity index (χ4v) is 11.9. The van der Waals surface area contributed by atoms with Gasteiger partial charge in [-0.3, -0.25) is 0 Å². The number of alkyl halides is 3. The van der Waals surface area contributed by atoms with Crippen molar-refractivity contribution in [2.75, 3.05) is 39.3 Å². The molecule has 12 heteroatoms. The maximum Gasteiger partial charge on any atom is 0.416 e. The predicted molar refractivity (Wildman–Crippen MR) is 265 cm³/mol. The Kier molecular flexibility index (Phi) is 18.5. The van der Waals surface area contributed by atoms with E-state index in [9.17, 15) is 26.3 Å². The molecular weight excluding hydrogens is 913 g/mol. The molecule has 3 aliphatic rings. The highest BCUT2D eigenvalue weighted by Crippen LogP contribution is 2.42. The van der Waals surface area contributed by atoms with Gasteiger partial charge in [0.15, 0.2) is 0 Å². The van der Waals surface area contributed by atoms with Gasteiger partial charge in [0.2, 0.25) is 0 Å². The standard InChI is InChI=1S/C19H20F3NS.C19H22FNS.C17H17F2NS/c1-13-2-5-16(6-3-13)24-18-7-4-15(19(20,21)22)12-17(18)14-8-10-23-11-9-14;1-13-3-5-18(14(2)11-13)22-19-6-4-16(20)12-17(19)15-7-9-21-10-8-15;18-13-1-4-15(5-2-13)21-17-6-3-14(19)11-16(17)12-7-9-20-10-8-12/h2-7,12,14,23H,8-11H2,1H3;3-6,11-12,15,21H,7-10H2,1-2H3;1-6,11-12,20H,7-10H2. The van der Waals surface area contributed by atoms with E-state index in [2.05, 4.69) is 48.0 Å². The van der Waals surface area contributed by atoms with E-state index in [1.165, 1.54) is 62.4 Å². The number of hydrogen-bond acceptors (Lipinski definition) is 6. The van der Waals surface area contributed by atoms with Crippen LogP contribution in [0.3, 0.4) is 0 Å². The Labute approximate surface area is 405 Å². The minimum absolute atomic E-state index is 0.126. The molecule has 354 valence electrons. The second kappa shape index (κ2) is 24.4. The van der Waals surface area contributed by atoms with E-state index in [4.69, 9.17) is 0 Å². The summed E-state index contributed by atoms with van der Waals surface area (Å²) in [6.45, 7) is 12.0. The molecule has 3 N–H and O–H groups in total. The number of hydrogen-bond donors (Lipinski definition) is 3. The summed E-state index contributed by atoms with van der Waals surface area (Å²) in [5.74, 6) is 0.485. The highest BCUT2D eigenvalue weighted by molar-refractivity contribution is 8.00. The van der Waals surface area contributed by atoms with E-state index in [1.807, 2.05) is 43.3 Å². The van der Waals surface area contributed by atoms with E-state index in [0.717, 1.165) is 109 Å². The molecular formula is C55H59F6N3S3. The van der Waals surface area contributed by atoms with Gasteiger partial charge in [0.1, 0.15) is 17.5 Å². The summed E-state index contributed by atoms with van der Waals surface area (Å²) in [4.78, 5) is 6.47. The van der Waals surface area contributed by atoms with Crippen molar-refractivity contribution in [3.05, 3.63) is 178 Å². The monoisotopic (exact) mass is 971 g/mol. The van der Waals surface area contributed by atoms with Gasteiger partial charge in [-0.15, -0.1) is 0 Å². The molecule has 3 nitrogen and oxygen atoms in total. The minimum Gasteiger partial charge on any atom is -0.317 e. The highest BCUT2D eigenvalue weighted by atomic mass is 32.2. The van der Waals surface area contributed by atoms with Gasteiger partial charge in [0, 0.05) is 29.4 Å². The number of benzene rings is 6. The molecule has 0 atom stereocenters. The lowest BCUT2D eigenvalue weighted by Gasteiger charge is -2.26. The molecule has 3 saturated heterocycles. The molecule has 0 spiro atoms. The maximum absolute atomic E-state index is 13.7. The summed E-state index contributed by atoms with van der Waals surface area (Å²) >= 11 is 4.88. The van der Waals surface area contributed by atoms with Gasteiger partial charge in [-0.25, -0.2) is 13.2 Å². The third kappa shape index (κ3) is 14.9. The number of rotatable bonds is 9. The predicted octanol–water partition coefficient (Wildman–Crippen LogP) is 15.3. The van der Waals surface area contributed by atoms with Crippen molar-refractivity contribution in [3.63, 3.8) is 0 Å². The molecule has 0 saturated carbocycles. The molecule has 0 amide bonds. The Hall–Kier alpha value is -4.17. The van der Waals surface area contributed by atoms with Gasteiger partial charge < -0.3 is 16.0 Å². The fourth-order valence-electron chi connectivity index (χ4n) is 8.79. The van der Waals surface area contributed by atoms with Crippen molar-refractivity contribution in [2.24, 2.45) is 0 Å². The van der Waals surface area contributed by atoms with E-state index in [1.54, 1.807) is 71.7 Å². The Morgan fingerprint density at radius 3 is 1.22 bits per heavy atom. The van der Waals surface area contributed by atoms with Gasteiger partial charge in [-0.05, 0) is 236 Å². The van der Waals surface area contributed by atoms with E-state index in [-0.39, 0.29) is 23.4 Å². The lowest BCUT2D eigenvalue weighted by molar-refractivity contribution is -0.137. The molecule has 9 rings (SSSR count). The normalized spacial score (nSPS) is 16.1. The average molecular weight is 972 g/mol. The Morgan fingerprint density at radius 2 is 0.776 bits per heavy atom. The lowest BCUT2D eigenvalue weighted by Crippen LogP contribution is -2.27. The fraction of sp³-hybridized carbons (Fsp3) is 0.345. The van der Waals surface area contributed by atoms with E-state index in [0.29, 0.717) is 11.8 Å². The molecule has 6 aromatic rings. The molecule has 3 fully saturated rings. The van der Waals surface area contributed by atoms with Crippen LogP contribution in [-0.2, 0) is 6.18 Å². The second-order valence-corrected chi connectivity index (χ2v) is 20.8. The van der Waals surface area contributed by atoms with Crippen molar-refractivity contribution in [1.82, 2.24) is 16.0 Å². The SMILES string of the molecule is Cc1ccc(Sc2ccc(C(F)(F)F)cc2C2CCNCC2)cc1.Cc1ccc(Sc2ccc(F)cc2C2CCNCC2)c(C)c1.Fc1ccc(Sc2ccc(F)cc2C2CCNCC2)cc1. The molecule has 0 radical (unpaired) electrons. The summed E-state index contributed by atoms with van der Waals surface area (Å²) in [5.41, 5.74) is 6.26. The first-order valence-electron chi connectivity index (χ1n) is 23.1. The molecule has 67 heavy (non-hydrogen) atoms. The van der Waals surface area contributed by atoms with Crippen LogP contribution in [-0.4, -0.2) is 39.3 Å². The smallest absolute Gasteiger partial charge is 0.317 e. The third-order valence-corrected chi connectivity index (χ3v) is 15.9. The summed E-state index contributed by atoms with van der Waals surface area (Å²) < 4.78 is 79.7. The van der Waals surface area contributed by atoms with Gasteiger partial charge in [0.05, 0.1) is 5.56 Å². The van der Waals surface area contributed by atoms with Gasteiger partial charge >= 0.3 is 6.18 Å². The molecule has 0 bridgehead atoms. The molecule has 3 heterocycles. The minimum atomic E-state index is -4.30. The van der Waals surface area contributed by atoms with Crippen LogP contribution in [0, 0.1) is 38.2 Å². The Balaban J connectivity index is 0.000000149. The van der Waals surface area contributed by atoms with Crippen molar-refractivity contribution in [3.8, 4) is 0 Å². The van der Waals surface area contributed by atoms with Crippen molar-refractivity contribution in [2.45, 2.75) is 113 Å². The van der Waals surface area contributed by atoms with Crippen molar-refractivity contribution < 1.29 is 26.3 Å². The van der Waals surface area contributed by atoms with Gasteiger partial charge in [-0.1, -0.05) is 70.7 Å². The number of piperidine rings is 3. The summed E-state index contributed by atoms with van der Waals surface area (Å²) in [7, 11) is 0. The number of halogens is 6. The quantitative estimate of drug-likeness (QED) is 0.125. The zero-order valence-electron chi connectivity index (χ0n) is 38.3. The van der Waals surface area contributed by atoms with Crippen LogP contribution >= 0.6 is 35.3 Å². The Morgan fingerprint density at radius 1 is 0.403 bits per heavy atom. The van der Waals surface area contributed by atoms with Crippen LogP contribution in [0.25, 0.3) is 0 Å². The van der Waals surface area contributed by atoms with Crippen LogP contribution in [0.15, 0.2) is 151 Å². The van der Waals surface area contributed by atoms with Crippen LogP contribution in [0.2, 0.25) is 0 Å². The first kappa shape index (κ1) is 50.7. The Bertz CT molecular complexity index is 2510. The highest BCUT2D eigenvalue weighted by Gasteiger charge is 2.32. The third-order valence-electron chi connectivity index (χ3n) is 12.5. The number of aryl methyl sites for hydroxylation is 3. The van der Waals surface area contributed by atoms with Crippen LogP contribution in [0.1, 0.15) is 95.2 Å². The van der Waals surface area contributed by atoms with Crippen LogP contribution < -0.4 is 16.0 Å². The average Bonchev–Trinajstić information content (AvgIpc) is 3.33. The second-order valence-electron chi connectivity index (χ2n) is 17.5. The van der Waals surface area contributed by atoms with Crippen LogP contribution in [0.5, 0.6) is 0 Å². The summed E-state index contributed by atoms with van der Waals surface area (Å²) in [6, 6.07) is 35.5. The summed E-state index contributed by atoms with van der Waals surface area (Å²) in [6.07, 6.45) is 1.69. The van der Waals surface area contributed by atoms with Gasteiger partial charge in [-0.2, -0.15) is 13.2 Å². The largest absolute Gasteiger partial charge is 0.416 e. The molecule has 3 aliphatic heterocycles. The van der Waals surface area contributed by atoms with Crippen molar-refractivity contribution in [1.29, 1.82) is 0 Å². The zero-order chi connectivity index (χ0) is 47.3. The van der Waals surface area contributed by atoms with E-state index < -0.39 is 11.7 Å². The van der Waals surface area contributed by atoms with E-state index >= 15 is 0 Å². The topological polar surface area (TPSA) is 36.1 Å². The van der Waals surface area contributed by atoms with Gasteiger partial charge in [0.25, 0.3) is 0 Å².